The second-order valence-electron chi connectivity index (χ2n) is 7.13. The van der Waals surface area contributed by atoms with E-state index in [1.807, 2.05) is 12.1 Å². The molecule has 1 aliphatic heterocycles. The first-order valence-corrected chi connectivity index (χ1v) is 8.67. The van der Waals surface area contributed by atoms with Crippen molar-refractivity contribution in [3.8, 4) is 5.75 Å². The molecule has 126 valence electrons. The molecule has 0 saturated heterocycles. The molecule has 0 spiro atoms. The Kier molecular flexibility index (Phi) is 4.50. The SMILES string of the molecule is Cc1cccc(NC(=S)N[C@H]2CC(C)(C)Oc3cc(C)ccc32)c1. The zero-order valence-electron chi connectivity index (χ0n) is 14.6. The number of benzene rings is 2. The van der Waals surface area contributed by atoms with Crippen molar-refractivity contribution >= 4 is 23.0 Å². The van der Waals surface area contributed by atoms with Crippen LogP contribution in [-0.2, 0) is 0 Å². The molecule has 0 aromatic heterocycles. The summed E-state index contributed by atoms with van der Waals surface area (Å²) in [7, 11) is 0. The lowest BCUT2D eigenvalue weighted by atomic mass is 9.89. The summed E-state index contributed by atoms with van der Waals surface area (Å²) in [5, 5.41) is 7.37. The zero-order valence-corrected chi connectivity index (χ0v) is 15.5. The van der Waals surface area contributed by atoms with Crippen LogP contribution in [0.4, 0.5) is 5.69 Å². The molecule has 0 radical (unpaired) electrons. The van der Waals surface area contributed by atoms with Crippen molar-refractivity contribution in [3.63, 3.8) is 0 Å². The number of ether oxygens (including phenoxy) is 1. The van der Waals surface area contributed by atoms with Gasteiger partial charge in [0.05, 0.1) is 6.04 Å². The van der Waals surface area contributed by atoms with E-state index in [0.717, 1.165) is 23.4 Å². The first kappa shape index (κ1) is 16.8. The van der Waals surface area contributed by atoms with Gasteiger partial charge in [-0.3, -0.25) is 0 Å². The summed E-state index contributed by atoms with van der Waals surface area (Å²) >= 11 is 5.53. The highest BCUT2D eigenvalue weighted by molar-refractivity contribution is 7.80. The van der Waals surface area contributed by atoms with E-state index in [4.69, 9.17) is 17.0 Å². The summed E-state index contributed by atoms with van der Waals surface area (Å²) in [5.74, 6) is 0.946. The first-order chi connectivity index (χ1) is 11.3. The summed E-state index contributed by atoms with van der Waals surface area (Å²) in [6, 6.07) is 14.7. The minimum absolute atomic E-state index is 0.133. The van der Waals surface area contributed by atoms with Gasteiger partial charge in [0, 0.05) is 17.7 Å². The largest absolute Gasteiger partial charge is 0.487 e. The molecule has 0 bridgehead atoms. The molecule has 4 heteroatoms. The number of nitrogens with one attached hydrogen (secondary N) is 2. The number of fused-ring (bicyclic) bond motifs is 1. The minimum Gasteiger partial charge on any atom is -0.487 e. The van der Waals surface area contributed by atoms with E-state index in [9.17, 15) is 0 Å². The highest BCUT2D eigenvalue weighted by Crippen LogP contribution is 2.39. The second kappa shape index (κ2) is 6.44. The van der Waals surface area contributed by atoms with Gasteiger partial charge >= 0.3 is 0 Å². The quantitative estimate of drug-likeness (QED) is 0.763. The Bertz CT molecular complexity index is 770. The molecule has 2 aromatic carbocycles. The van der Waals surface area contributed by atoms with Crippen molar-refractivity contribution in [2.75, 3.05) is 5.32 Å². The molecule has 0 fully saturated rings. The Morgan fingerprint density at radius 1 is 1.12 bits per heavy atom. The monoisotopic (exact) mass is 340 g/mol. The summed E-state index contributed by atoms with van der Waals surface area (Å²) in [6.45, 7) is 8.38. The fourth-order valence-corrected chi connectivity index (χ4v) is 3.40. The lowest BCUT2D eigenvalue weighted by Gasteiger charge is -2.38. The average molecular weight is 340 g/mol. The van der Waals surface area contributed by atoms with Gasteiger partial charge in [0.15, 0.2) is 5.11 Å². The van der Waals surface area contributed by atoms with E-state index < -0.39 is 0 Å². The van der Waals surface area contributed by atoms with E-state index >= 15 is 0 Å². The molecule has 2 N–H and O–H groups in total. The normalized spacial score (nSPS) is 18.2. The Labute approximate surface area is 149 Å². The van der Waals surface area contributed by atoms with Gasteiger partial charge in [-0.05, 0) is 69.2 Å². The third-order valence-electron chi connectivity index (χ3n) is 4.21. The molecule has 1 aliphatic rings. The maximum atomic E-state index is 6.14. The predicted molar refractivity (Wildman–Crippen MR) is 104 cm³/mol. The van der Waals surface area contributed by atoms with Crippen LogP contribution >= 0.6 is 12.2 Å². The van der Waals surface area contributed by atoms with Crippen molar-refractivity contribution in [3.05, 3.63) is 59.2 Å². The smallest absolute Gasteiger partial charge is 0.171 e. The lowest BCUT2D eigenvalue weighted by Crippen LogP contribution is -2.42. The first-order valence-electron chi connectivity index (χ1n) is 8.26. The Hall–Kier alpha value is -2.07. The second-order valence-corrected chi connectivity index (χ2v) is 7.54. The van der Waals surface area contributed by atoms with Crippen LogP contribution < -0.4 is 15.4 Å². The van der Waals surface area contributed by atoms with E-state index in [2.05, 4.69) is 68.7 Å². The van der Waals surface area contributed by atoms with Crippen LogP contribution in [0, 0.1) is 13.8 Å². The number of thiocarbonyl (C=S) groups is 1. The van der Waals surface area contributed by atoms with Crippen LogP contribution in [0.3, 0.4) is 0 Å². The molecule has 0 saturated carbocycles. The molecule has 0 aliphatic carbocycles. The number of anilines is 1. The van der Waals surface area contributed by atoms with E-state index in [-0.39, 0.29) is 11.6 Å². The van der Waals surface area contributed by atoms with Crippen LogP contribution in [-0.4, -0.2) is 10.7 Å². The highest BCUT2D eigenvalue weighted by atomic mass is 32.1. The molecule has 0 unspecified atom stereocenters. The average Bonchev–Trinajstić information content (AvgIpc) is 2.45. The standard InChI is InChI=1S/C20H24N2OS/c1-13-6-5-7-15(10-13)21-19(24)22-17-12-20(3,4)23-18-11-14(2)8-9-16(17)18/h5-11,17H,12H2,1-4H3,(H2,21,22,24)/t17-/m0/s1. The van der Waals surface area contributed by atoms with Gasteiger partial charge in [-0.25, -0.2) is 0 Å². The van der Waals surface area contributed by atoms with Crippen molar-refractivity contribution in [2.24, 2.45) is 0 Å². The topological polar surface area (TPSA) is 33.3 Å². The molecule has 3 rings (SSSR count). The van der Waals surface area contributed by atoms with E-state index in [1.54, 1.807) is 0 Å². The molecule has 24 heavy (non-hydrogen) atoms. The third-order valence-corrected chi connectivity index (χ3v) is 4.43. The Balaban J connectivity index is 1.78. The maximum Gasteiger partial charge on any atom is 0.171 e. The molecular weight excluding hydrogens is 316 g/mol. The number of hydrogen-bond acceptors (Lipinski definition) is 2. The molecule has 0 amide bonds. The van der Waals surface area contributed by atoms with Crippen molar-refractivity contribution in [1.82, 2.24) is 5.32 Å². The van der Waals surface area contributed by atoms with Crippen molar-refractivity contribution in [2.45, 2.75) is 45.8 Å². The molecular formula is C20H24N2OS. The fourth-order valence-electron chi connectivity index (χ4n) is 3.14. The van der Waals surface area contributed by atoms with Gasteiger partial charge in [0.1, 0.15) is 11.4 Å². The Morgan fingerprint density at radius 2 is 1.88 bits per heavy atom. The predicted octanol–water partition coefficient (Wildman–Crippen LogP) is 4.89. The minimum atomic E-state index is -0.225. The van der Waals surface area contributed by atoms with Gasteiger partial charge in [0.2, 0.25) is 0 Å². The summed E-state index contributed by atoms with van der Waals surface area (Å²) in [4.78, 5) is 0. The third kappa shape index (κ3) is 3.88. The van der Waals surface area contributed by atoms with E-state index in [0.29, 0.717) is 5.11 Å². The fraction of sp³-hybridized carbons (Fsp3) is 0.350. The van der Waals surface area contributed by atoms with Crippen LogP contribution in [0.15, 0.2) is 42.5 Å². The van der Waals surface area contributed by atoms with Crippen LogP contribution in [0.1, 0.15) is 43.0 Å². The number of hydrogen-bond donors (Lipinski definition) is 2. The molecule has 1 heterocycles. The molecule has 2 aromatic rings. The number of rotatable bonds is 2. The van der Waals surface area contributed by atoms with Crippen LogP contribution in [0.25, 0.3) is 0 Å². The van der Waals surface area contributed by atoms with Gasteiger partial charge < -0.3 is 15.4 Å². The summed E-state index contributed by atoms with van der Waals surface area (Å²) in [6.07, 6.45) is 0.860. The van der Waals surface area contributed by atoms with Gasteiger partial charge in [-0.15, -0.1) is 0 Å². The summed E-state index contributed by atoms with van der Waals surface area (Å²) < 4.78 is 6.14. The van der Waals surface area contributed by atoms with Crippen molar-refractivity contribution in [1.29, 1.82) is 0 Å². The van der Waals surface area contributed by atoms with Gasteiger partial charge in [-0.2, -0.15) is 0 Å². The highest BCUT2D eigenvalue weighted by Gasteiger charge is 2.34. The van der Waals surface area contributed by atoms with Crippen LogP contribution in [0.5, 0.6) is 5.75 Å². The van der Waals surface area contributed by atoms with Crippen LogP contribution in [0.2, 0.25) is 0 Å². The maximum absolute atomic E-state index is 6.14. The van der Waals surface area contributed by atoms with Crippen molar-refractivity contribution < 1.29 is 4.74 Å². The van der Waals surface area contributed by atoms with E-state index in [1.165, 1.54) is 11.1 Å². The zero-order chi connectivity index (χ0) is 17.3. The Morgan fingerprint density at radius 3 is 2.62 bits per heavy atom. The van der Waals surface area contributed by atoms with Gasteiger partial charge in [0.25, 0.3) is 0 Å². The lowest BCUT2D eigenvalue weighted by molar-refractivity contribution is 0.0696. The number of aryl methyl sites for hydroxylation is 2. The van der Waals surface area contributed by atoms with Gasteiger partial charge in [-0.1, -0.05) is 24.3 Å². The molecule has 1 atom stereocenters. The molecule has 3 nitrogen and oxygen atoms in total. The summed E-state index contributed by atoms with van der Waals surface area (Å²) in [5.41, 5.74) is 4.34.